The highest BCUT2D eigenvalue weighted by Crippen LogP contribution is 2.17. The van der Waals surface area contributed by atoms with Crippen molar-refractivity contribution in [2.24, 2.45) is 0 Å². The molecule has 1 N–H and O–H groups in total. The molecular weight excluding hydrogens is 184 g/mol. The van der Waals surface area contributed by atoms with Crippen molar-refractivity contribution in [1.29, 1.82) is 0 Å². The highest BCUT2D eigenvalue weighted by atomic mass is 35.5. The second kappa shape index (κ2) is 3.69. The number of thiazole rings is 1. The standard InChI is InChI=1S/C6H7ClN2OS/c1-2-8-6(10)4-5(7)9-3-11-4/h3H,2H2,1H3,(H,8,10). The molecule has 1 aromatic rings. The molecule has 60 valence electrons. The molecule has 0 bridgehead atoms. The fraction of sp³-hybridized carbons (Fsp3) is 0.333. The summed E-state index contributed by atoms with van der Waals surface area (Å²) in [4.78, 5) is 15.3. The molecule has 0 atom stereocenters. The number of halogens is 1. The summed E-state index contributed by atoms with van der Waals surface area (Å²) in [5, 5.41) is 2.91. The van der Waals surface area contributed by atoms with Crippen LogP contribution in [-0.2, 0) is 0 Å². The molecule has 0 saturated carbocycles. The van der Waals surface area contributed by atoms with Crippen LogP contribution in [0.5, 0.6) is 0 Å². The lowest BCUT2D eigenvalue weighted by atomic mass is 10.5. The molecule has 0 unspecified atom stereocenters. The third kappa shape index (κ3) is 1.91. The van der Waals surface area contributed by atoms with Gasteiger partial charge in [0.25, 0.3) is 5.91 Å². The molecule has 3 nitrogen and oxygen atoms in total. The Kier molecular flexibility index (Phi) is 2.84. The van der Waals surface area contributed by atoms with Crippen LogP contribution < -0.4 is 5.32 Å². The van der Waals surface area contributed by atoms with Crippen LogP contribution in [0.1, 0.15) is 16.6 Å². The second-order valence-electron chi connectivity index (χ2n) is 1.83. The normalized spacial score (nSPS) is 9.64. The molecule has 1 amide bonds. The Bertz CT molecular complexity index is 261. The van der Waals surface area contributed by atoms with E-state index >= 15 is 0 Å². The molecule has 0 aliphatic carbocycles. The van der Waals surface area contributed by atoms with E-state index in [0.29, 0.717) is 11.4 Å². The Morgan fingerprint density at radius 3 is 3.09 bits per heavy atom. The number of nitrogens with one attached hydrogen (secondary N) is 1. The van der Waals surface area contributed by atoms with Crippen molar-refractivity contribution in [1.82, 2.24) is 10.3 Å². The first kappa shape index (κ1) is 8.49. The zero-order chi connectivity index (χ0) is 8.27. The van der Waals surface area contributed by atoms with Crippen LogP contribution in [0.25, 0.3) is 0 Å². The first-order valence-electron chi connectivity index (χ1n) is 3.13. The topological polar surface area (TPSA) is 42.0 Å². The summed E-state index contributed by atoms with van der Waals surface area (Å²) in [6, 6.07) is 0. The molecule has 0 saturated heterocycles. The third-order valence-electron chi connectivity index (χ3n) is 1.07. The number of carbonyl (C=O) groups excluding carboxylic acids is 1. The molecule has 0 spiro atoms. The van der Waals surface area contributed by atoms with Gasteiger partial charge in [-0.3, -0.25) is 4.79 Å². The minimum Gasteiger partial charge on any atom is -0.352 e. The molecule has 11 heavy (non-hydrogen) atoms. The highest BCUT2D eigenvalue weighted by molar-refractivity contribution is 7.12. The minimum absolute atomic E-state index is 0.153. The average Bonchev–Trinajstić information content (AvgIpc) is 2.36. The summed E-state index contributed by atoms with van der Waals surface area (Å²) < 4.78 is 0. The maximum absolute atomic E-state index is 11.1. The molecule has 1 heterocycles. The summed E-state index contributed by atoms with van der Waals surface area (Å²) in [7, 11) is 0. The van der Waals surface area contributed by atoms with Crippen molar-refractivity contribution in [3.8, 4) is 0 Å². The van der Waals surface area contributed by atoms with E-state index in [1.807, 2.05) is 6.92 Å². The zero-order valence-electron chi connectivity index (χ0n) is 5.93. The maximum Gasteiger partial charge on any atom is 0.264 e. The lowest BCUT2D eigenvalue weighted by molar-refractivity contribution is 0.0960. The number of rotatable bonds is 2. The Labute approximate surface area is 73.4 Å². The molecule has 0 fully saturated rings. The van der Waals surface area contributed by atoms with Crippen LogP contribution in [-0.4, -0.2) is 17.4 Å². The molecule has 0 aliphatic rings. The SMILES string of the molecule is CCNC(=O)c1scnc1Cl. The Morgan fingerprint density at radius 2 is 2.64 bits per heavy atom. The number of nitrogens with zero attached hydrogens (tertiary/aromatic N) is 1. The molecule has 1 rings (SSSR count). The van der Waals surface area contributed by atoms with E-state index in [4.69, 9.17) is 11.6 Å². The van der Waals surface area contributed by atoms with Gasteiger partial charge in [0.15, 0.2) is 5.15 Å². The predicted molar refractivity (Wildman–Crippen MR) is 45.1 cm³/mol. The Balaban J connectivity index is 2.76. The van der Waals surface area contributed by atoms with Gasteiger partial charge >= 0.3 is 0 Å². The van der Waals surface area contributed by atoms with E-state index in [-0.39, 0.29) is 11.1 Å². The van der Waals surface area contributed by atoms with E-state index < -0.39 is 0 Å². The largest absolute Gasteiger partial charge is 0.352 e. The molecule has 0 aliphatic heterocycles. The zero-order valence-corrected chi connectivity index (χ0v) is 7.50. The van der Waals surface area contributed by atoms with Gasteiger partial charge < -0.3 is 5.32 Å². The number of amides is 1. The van der Waals surface area contributed by atoms with Crippen molar-refractivity contribution in [2.45, 2.75) is 6.92 Å². The number of hydrogen-bond acceptors (Lipinski definition) is 3. The maximum atomic E-state index is 11.1. The van der Waals surface area contributed by atoms with Gasteiger partial charge in [-0.1, -0.05) is 11.6 Å². The van der Waals surface area contributed by atoms with Crippen molar-refractivity contribution < 1.29 is 4.79 Å². The summed E-state index contributed by atoms with van der Waals surface area (Å²) in [6.07, 6.45) is 0. The summed E-state index contributed by atoms with van der Waals surface area (Å²) in [5.74, 6) is -0.153. The van der Waals surface area contributed by atoms with Crippen molar-refractivity contribution in [2.75, 3.05) is 6.54 Å². The van der Waals surface area contributed by atoms with E-state index in [1.54, 1.807) is 5.51 Å². The fourth-order valence-corrected chi connectivity index (χ4v) is 1.54. The minimum atomic E-state index is -0.153. The lowest BCUT2D eigenvalue weighted by Crippen LogP contribution is -2.21. The Morgan fingerprint density at radius 1 is 1.91 bits per heavy atom. The van der Waals surface area contributed by atoms with Crippen molar-refractivity contribution in [3.05, 3.63) is 15.5 Å². The van der Waals surface area contributed by atoms with Gasteiger partial charge in [-0.15, -0.1) is 11.3 Å². The molecule has 1 aromatic heterocycles. The van der Waals surface area contributed by atoms with Gasteiger partial charge in [0.05, 0.1) is 5.51 Å². The quantitative estimate of drug-likeness (QED) is 0.769. The first-order chi connectivity index (χ1) is 5.25. The van der Waals surface area contributed by atoms with Gasteiger partial charge in [0.1, 0.15) is 4.88 Å². The molecular formula is C6H7ClN2OS. The van der Waals surface area contributed by atoms with Crippen LogP contribution in [0.3, 0.4) is 0 Å². The van der Waals surface area contributed by atoms with Crippen molar-refractivity contribution >= 4 is 28.8 Å². The van der Waals surface area contributed by atoms with E-state index in [1.165, 1.54) is 11.3 Å². The first-order valence-corrected chi connectivity index (χ1v) is 4.38. The van der Waals surface area contributed by atoms with Crippen LogP contribution in [0, 0.1) is 0 Å². The molecule has 0 aromatic carbocycles. The van der Waals surface area contributed by atoms with Gasteiger partial charge in [-0.05, 0) is 6.92 Å². The van der Waals surface area contributed by atoms with Crippen molar-refractivity contribution in [3.63, 3.8) is 0 Å². The van der Waals surface area contributed by atoms with Crippen LogP contribution >= 0.6 is 22.9 Å². The molecule has 5 heteroatoms. The van der Waals surface area contributed by atoms with Crippen LogP contribution in [0.15, 0.2) is 5.51 Å². The third-order valence-corrected chi connectivity index (χ3v) is 2.29. The average molecular weight is 191 g/mol. The van der Waals surface area contributed by atoms with Crippen LogP contribution in [0.4, 0.5) is 0 Å². The summed E-state index contributed by atoms with van der Waals surface area (Å²) >= 11 is 6.85. The number of carbonyl (C=O) groups is 1. The Hall–Kier alpha value is -0.610. The summed E-state index contributed by atoms with van der Waals surface area (Å²) in [5.41, 5.74) is 1.55. The fourth-order valence-electron chi connectivity index (χ4n) is 0.621. The predicted octanol–water partition coefficient (Wildman–Crippen LogP) is 1.55. The second-order valence-corrected chi connectivity index (χ2v) is 3.04. The van der Waals surface area contributed by atoms with Crippen LogP contribution in [0.2, 0.25) is 5.15 Å². The van der Waals surface area contributed by atoms with E-state index in [2.05, 4.69) is 10.3 Å². The van der Waals surface area contributed by atoms with Gasteiger partial charge in [0.2, 0.25) is 0 Å². The summed E-state index contributed by atoms with van der Waals surface area (Å²) in [6.45, 7) is 2.46. The van der Waals surface area contributed by atoms with Gasteiger partial charge in [-0.25, -0.2) is 4.98 Å². The van der Waals surface area contributed by atoms with E-state index in [9.17, 15) is 4.79 Å². The van der Waals surface area contributed by atoms with E-state index in [0.717, 1.165) is 0 Å². The van der Waals surface area contributed by atoms with Gasteiger partial charge in [-0.2, -0.15) is 0 Å². The van der Waals surface area contributed by atoms with Gasteiger partial charge in [0, 0.05) is 6.54 Å². The lowest BCUT2D eigenvalue weighted by Gasteiger charge is -1.96. The monoisotopic (exact) mass is 190 g/mol. The number of aromatic nitrogens is 1. The smallest absolute Gasteiger partial charge is 0.264 e. The highest BCUT2D eigenvalue weighted by Gasteiger charge is 2.10. The molecule has 0 radical (unpaired) electrons. The number of hydrogen-bond donors (Lipinski definition) is 1.